The molecule has 0 aliphatic carbocycles. The van der Waals surface area contributed by atoms with E-state index >= 15 is 0 Å². The first-order valence-corrected chi connectivity index (χ1v) is 12.3. The van der Waals surface area contributed by atoms with Gasteiger partial charge in [-0.05, 0) is 54.4 Å². The molecule has 2 rings (SSSR count). The molecule has 0 radical (unpaired) electrons. The number of rotatable bonds is 2. The monoisotopic (exact) mass is 510 g/mol. The molecule has 13 heteroatoms. The first-order valence-electron chi connectivity index (χ1n) is 10.4. The number of carbonyl (C=O) groups is 2. The van der Waals surface area contributed by atoms with Gasteiger partial charge in [0.2, 0.25) is 0 Å². The van der Waals surface area contributed by atoms with Gasteiger partial charge in [-0.25, -0.2) is 9.59 Å². The molecular formula is C21H35N4NaO7S. The first-order chi connectivity index (χ1) is 15.0. The second-order valence-corrected chi connectivity index (χ2v) is 11.3. The van der Waals surface area contributed by atoms with Gasteiger partial charge in [-0.2, -0.15) is 13.7 Å². The summed E-state index contributed by atoms with van der Waals surface area (Å²) in [4.78, 5) is 26.2. The predicted molar refractivity (Wildman–Crippen MR) is 119 cm³/mol. The molecule has 0 aromatic carbocycles. The summed E-state index contributed by atoms with van der Waals surface area (Å²) in [5.41, 5.74) is -1.01. The first kappa shape index (κ1) is 34.6. The van der Waals surface area contributed by atoms with Gasteiger partial charge in [-0.1, -0.05) is 0 Å². The Morgan fingerprint density at radius 1 is 0.912 bits per heavy atom. The molecule has 0 spiro atoms. The van der Waals surface area contributed by atoms with Gasteiger partial charge in [0.15, 0.2) is 0 Å². The number of carbonyl (C=O) groups excluding carboxylic acids is 2. The fraction of sp³-hybridized carbons (Fsp3) is 0.810. The van der Waals surface area contributed by atoms with E-state index < -0.39 is 33.5 Å². The molecule has 2 aliphatic rings. The van der Waals surface area contributed by atoms with Gasteiger partial charge in [0, 0.05) is 19.6 Å². The van der Waals surface area contributed by atoms with E-state index in [1.165, 1.54) is 4.90 Å². The molecule has 2 heterocycles. The van der Waals surface area contributed by atoms with Crippen molar-refractivity contribution in [2.24, 2.45) is 5.92 Å². The summed E-state index contributed by atoms with van der Waals surface area (Å²) in [6, 6.07) is 2.16. The Morgan fingerprint density at radius 2 is 1.32 bits per heavy atom. The second kappa shape index (κ2) is 14.7. The van der Waals surface area contributed by atoms with E-state index in [2.05, 4.69) is 6.07 Å². The largest absolute Gasteiger partial charge is 1.00 e. The maximum absolute atomic E-state index is 11.7. The van der Waals surface area contributed by atoms with Crippen LogP contribution in [-0.4, -0.2) is 80.1 Å². The number of likely N-dealkylation sites (tertiary alicyclic amines) is 2. The zero-order chi connectivity index (χ0) is 26.0. The summed E-state index contributed by atoms with van der Waals surface area (Å²) in [6.07, 6.45) is 1.07. The molecule has 0 bridgehead atoms. The average molecular weight is 511 g/mol. The van der Waals surface area contributed by atoms with Crippen LogP contribution in [0.3, 0.4) is 0 Å². The molecule has 188 valence electrons. The van der Waals surface area contributed by atoms with Crippen molar-refractivity contribution in [2.45, 2.75) is 71.7 Å². The minimum absolute atomic E-state index is 0. The molecule has 0 N–H and O–H groups in total. The van der Waals surface area contributed by atoms with Gasteiger partial charge in [0.1, 0.15) is 11.2 Å². The van der Waals surface area contributed by atoms with E-state index in [4.69, 9.17) is 30.8 Å². The second-order valence-electron chi connectivity index (χ2n) is 9.68. The molecule has 2 atom stereocenters. The summed E-state index contributed by atoms with van der Waals surface area (Å²) >= 11 is 0. The summed E-state index contributed by atoms with van der Waals surface area (Å²) in [7, 11) is -3.47. The minimum atomic E-state index is -3.47. The standard InChI is InChI=1S/C10H16N2O2.C10H19NO5S.CN.Na/c1-10(2,3)14-9(13)12-5-4-8(6-11)7-12;1-10(2,3)15-9(12)11-6-5-8(7-11)16-17(4,13)14;1-2;/h8H,4-5,7H2,1-3H3;8H,5-7H2,1-4H3;;/q;;-1;+1. The Labute approximate surface area is 225 Å². The van der Waals surface area contributed by atoms with Gasteiger partial charge < -0.3 is 31.1 Å². The van der Waals surface area contributed by atoms with Crippen LogP contribution in [0.4, 0.5) is 9.59 Å². The smallest absolute Gasteiger partial charge is 0.512 e. The van der Waals surface area contributed by atoms with Crippen LogP contribution in [-0.2, 0) is 23.8 Å². The van der Waals surface area contributed by atoms with E-state index in [-0.39, 0.29) is 48.1 Å². The van der Waals surface area contributed by atoms with Crippen LogP contribution < -0.4 is 29.6 Å². The SMILES string of the molecule is CC(C)(C)OC(=O)N1CCC(C#N)C1.CC(C)(C)OC(=O)N1CCC(OS(C)(=O)=O)C1.[C-]#N.[Na+]. The Bertz CT molecular complexity index is 829. The molecule has 2 amide bonds. The number of nitrogens with zero attached hydrogens (tertiary/aromatic N) is 4. The fourth-order valence-corrected chi connectivity index (χ4v) is 3.56. The third-order valence-electron chi connectivity index (χ3n) is 4.13. The zero-order valence-corrected chi connectivity index (χ0v) is 24.3. The average Bonchev–Trinajstić information content (AvgIpc) is 3.29. The summed E-state index contributed by atoms with van der Waals surface area (Å²) in [6.45, 7) is 17.5. The van der Waals surface area contributed by atoms with Gasteiger partial charge in [-0.3, -0.25) is 4.18 Å². The van der Waals surface area contributed by atoms with Crippen molar-refractivity contribution in [3.63, 3.8) is 0 Å². The predicted octanol–water partition coefficient (Wildman–Crippen LogP) is -0.161. The van der Waals surface area contributed by atoms with Gasteiger partial charge >= 0.3 is 41.7 Å². The van der Waals surface area contributed by atoms with Gasteiger partial charge in [0.25, 0.3) is 10.1 Å². The zero-order valence-electron chi connectivity index (χ0n) is 21.5. The van der Waals surface area contributed by atoms with Crippen molar-refractivity contribution in [3.05, 3.63) is 6.57 Å². The van der Waals surface area contributed by atoms with Crippen LogP contribution in [0.2, 0.25) is 0 Å². The number of nitriles is 1. The van der Waals surface area contributed by atoms with Crippen molar-refractivity contribution in [3.8, 4) is 6.07 Å². The molecular weight excluding hydrogens is 475 g/mol. The van der Waals surface area contributed by atoms with Crippen molar-refractivity contribution in [1.82, 2.24) is 9.80 Å². The molecule has 2 fully saturated rings. The topological polar surface area (TPSA) is 150 Å². The Kier molecular flexibility index (Phi) is 15.0. The van der Waals surface area contributed by atoms with Crippen molar-refractivity contribution >= 4 is 22.3 Å². The molecule has 11 nitrogen and oxygen atoms in total. The van der Waals surface area contributed by atoms with E-state index in [1.54, 1.807) is 25.7 Å². The molecule has 0 aromatic heterocycles. The van der Waals surface area contributed by atoms with Gasteiger partial charge in [0.05, 0.1) is 30.9 Å². The summed E-state index contributed by atoms with van der Waals surface area (Å²) in [5, 5.41) is 14.9. The fourth-order valence-electron chi connectivity index (χ4n) is 2.90. The Morgan fingerprint density at radius 3 is 1.68 bits per heavy atom. The number of amides is 2. The maximum Gasteiger partial charge on any atom is 1.00 e. The summed E-state index contributed by atoms with van der Waals surface area (Å²) in [5.74, 6) is -0.0254. The molecule has 0 saturated carbocycles. The van der Waals surface area contributed by atoms with Crippen molar-refractivity contribution in [1.29, 1.82) is 10.5 Å². The van der Waals surface area contributed by atoms with Crippen LogP contribution in [0.5, 0.6) is 0 Å². The van der Waals surface area contributed by atoms with E-state index in [9.17, 15) is 18.0 Å². The van der Waals surface area contributed by atoms with Crippen LogP contribution in [0.15, 0.2) is 0 Å². The maximum atomic E-state index is 11.7. The number of ether oxygens (including phenoxy) is 2. The van der Waals surface area contributed by atoms with Gasteiger partial charge in [-0.15, -0.1) is 0 Å². The van der Waals surface area contributed by atoms with Crippen LogP contribution >= 0.6 is 0 Å². The van der Waals surface area contributed by atoms with Crippen molar-refractivity contribution in [2.75, 3.05) is 32.4 Å². The molecule has 2 aliphatic heterocycles. The Hall–Kier alpha value is -1.57. The Balaban J connectivity index is 0. The molecule has 2 unspecified atom stereocenters. The number of hydrogen-bond acceptors (Lipinski definition) is 9. The third kappa shape index (κ3) is 15.4. The van der Waals surface area contributed by atoms with Crippen LogP contribution in [0, 0.1) is 29.1 Å². The number of hydrogen-bond donors (Lipinski definition) is 0. The quantitative estimate of drug-likeness (QED) is 0.280. The van der Waals surface area contributed by atoms with Crippen LogP contribution in [0.1, 0.15) is 54.4 Å². The molecule has 34 heavy (non-hydrogen) atoms. The van der Waals surface area contributed by atoms with E-state index in [0.29, 0.717) is 26.1 Å². The van der Waals surface area contributed by atoms with Crippen LogP contribution in [0.25, 0.3) is 0 Å². The van der Waals surface area contributed by atoms with Crippen molar-refractivity contribution < 1.29 is 61.2 Å². The summed E-state index contributed by atoms with van der Waals surface area (Å²) < 4.78 is 37.1. The molecule has 2 saturated heterocycles. The normalized spacial score (nSPS) is 19.9. The van der Waals surface area contributed by atoms with E-state index in [0.717, 1.165) is 12.7 Å². The van der Waals surface area contributed by atoms with E-state index in [1.807, 2.05) is 20.8 Å². The third-order valence-corrected chi connectivity index (χ3v) is 4.75. The molecule has 0 aromatic rings. The minimum Gasteiger partial charge on any atom is -0.512 e.